The van der Waals surface area contributed by atoms with Gasteiger partial charge in [0.25, 0.3) is 0 Å². The maximum absolute atomic E-state index is 12.5. The van der Waals surface area contributed by atoms with E-state index in [1.165, 1.54) is 25.7 Å². The SMILES string of the molecule is CCC1CCCCC1C(=O)C1CCOC1C. The van der Waals surface area contributed by atoms with Crippen LogP contribution in [0.2, 0.25) is 0 Å². The number of Topliss-reactive ketones (excluding diaryl/α,β-unsaturated/α-hetero) is 1. The first-order chi connectivity index (χ1) is 7.74. The number of hydrogen-bond acceptors (Lipinski definition) is 2. The number of ketones is 1. The van der Waals surface area contributed by atoms with Crippen LogP contribution in [-0.4, -0.2) is 18.5 Å². The van der Waals surface area contributed by atoms with E-state index >= 15 is 0 Å². The Balaban J connectivity index is 2.01. The lowest BCUT2D eigenvalue weighted by Gasteiger charge is -2.32. The number of hydrogen-bond donors (Lipinski definition) is 0. The molecule has 0 amide bonds. The summed E-state index contributed by atoms with van der Waals surface area (Å²) in [5, 5.41) is 0. The highest BCUT2D eigenvalue weighted by atomic mass is 16.5. The van der Waals surface area contributed by atoms with Crippen LogP contribution in [0.15, 0.2) is 0 Å². The Labute approximate surface area is 98.7 Å². The first-order valence-electron chi connectivity index (χ1n) is 6.89. The molecule has 1 saturated heterocycles. The summed E-state index contributed by atoms with van der Waals surface area (Å²) in [6.45, 7) is 5.06. The van der Waals surface area contributed by atoms with E-state index < -0.39 is 0 Å². The molecular weight excluding hydrogens is 200 g/mol. The quantitative estimate of drug-likeness (QED) is 0.736. The first-order valence-corrected chi connectivity index (χ1v) is 6.89. The smallest absolute Gasteiger partial charge is 0.141 e. The second kappa shape index (κ2) is 5.31. The second-order valence-electron chi connectivity index (χ2n) is 5.43. The zero-order valence-electron chi connectivity index (χ0n) is 10.6. The summed E-state index contributed by atoms with van der Waals surface area (Å²) >= 11 is 0. The molecule has 1 aliphatic carbocycles. The Morgan fingerprint density at radius 3 is 2.56 bits per heavy atom. The summed E-state index contributed by atoms with van der Waals surface area (Å²) in [6, 6.07) is 0. The van der Waals surface area contributed by atoms with Crippen LogP contribution in [0.3, 0.4) is 0 Å². The summed E-state index contributed by atoms with van der Waals surface area (Å²) in [4.78, 5) is 12.5. The highest BCUT2D eigenvalue weighted by molar-refractivity contribution is 5.84. The van der Waals surface area contributed by atoms with Crippen LogP contribution in [0.4, 0.5) is 0 Å². The third-order valence-corrected chi connectivity index (χ3v) is 4.54. The van der Waals surface area contributed by atoms with Gasteiger partial charge in [0.2, 0.25) is 0 Å². The van der Waals surface area contributed by atoms with Crippen molar-refractivity contribution in [3.63, 3.8) is 0 Å². The van der Waals surface area contributed by atoms with Crippen molar-refractivity contribution in [3.8, 4) is 0 Å². The molecule has 2 heteroatoms. The molecule has 1 heterocycles. The van der Waals surface area contributed by atoms with Crippen molar-refractivity contribution >= 4 is 5.78 Å². The van der Waals surface area contributed by atoms with Crippen molar-refractivity contribution in [1.29, 1.82) is 0 Å². The van der Waals surface area contributed by atoms with Crippen molar-refractivity contribution in [3.05, 3.63) is 0 Å². The fraction of sp³-hybridized carbons (Fsp3) is 0.929. The van der Waals surface area contributed by atoms with Gasteiger partial charge in [-0.15, -0.1) is 0 Å². The second-order valence-corrected chi connectivity index (χ2v) is 5.43. The van der Waals surface area contributed by atoms with E-state index in [1.807, 2.05) is 0 Å². The molecule has 92 valence electrons. The molecule has 0 aromatic rings. The zero-order valence-corrected chi connectivity index (χ0v) is 10.6. The molecule has 1 aliphatic heterocycles. The van der Waals surface area contributed by atoms with Gasteiger partial charge in [-0.05, 0) is 32.1 Å². The Morgan fingerprint density at radius 2 is 1.94 bits per heavy atom. The van der Waals surface area contributed by atoms with Gasteiger partial charge in [-0.2, -0.15) is 0 Å². The summed E-state index contributed by atoms with van der Waals surface area (Å²) in [5.41, 5.74) is 0. The number of carbonyl (C=O) groups is 1. The molecule has 1 saturated carbocycles. The van der Waals surface area contributed by atoms with Crippen molar-refractivity contribution in [1.82, 2.24) is 0 Å². The average Bonchev–Trinajstić information content (AvgIpc) is 2.74. The molecule has 0 spiro atoms. The molecule has 4 unspecified atom stereocenters. The lowest BCUT2D eigenvalue weighted by atomic mass is 9.72. The third-order valence-electron chi connectivity index (χ3n) is 4.54. The highest BCUT2D eigenvalue weighted by Crippen LogP contribution is 2.36. The van der Waals surface area contributed by atoms with E-state index in [-0.39, 0.29) is 12.0 Å². The molecule has 2 aliphatic rings. The van der Waals surface area contributed by atoms with E-state index in [2.05, 4.69) is 13.8 Å². The van der Waals surface area contributed by atoms with Crippen LogP contribution in [0, 0.1) is 17.8 Å². The van der Waals surface area contributed by atoms with Gasteiger partial charge in [-0.3, -0.25) is 4.79 Å². The average molecular weight is 224 g/mol. The molecule has 0 bridgehead atoms. The largest absolute Gasteiger partial charge is 0.378 e. The summed E-state index contributed by atoms with van der Waals surface area (Å²) in [5.74, 6) is 1.69. The molecule has 2 fully saturated rings. The minimum absolute atomic E-state index is 0.159. The lowest BCUT2D eigenvalue weighted by Crippen LogP contribution is -2.34. The van der Waals surface area contributed by atoms with Crippen molar-refractivity contribution < 1.29 is 9.53 Å². The van der Waals surface area contributed by atoms with Gasteiger partial charge in [-0.25, -0.2) is 0 Å². The molecule has 0 aromatic carbocycles. The fourth-order valence-corrected chi connectivity index (χ4v) is 3.45. The summed E-state index contributed by atoms with van der Waals surface area (Å²) in [7, 11) is 0. The molecule has 2 nitrogen and oxygen atoms in total. The van der Waals surface area contributed by atoms with E-state index in [4.69, 9.17) is 4.74 Å². The van der Waals surface area contributed by atoms with Gasteiger partial charge in [0, 0.05) is 18.4 Å². The van der Waals surface area contributed by atoms with Gasteiger partial charge in [0.1, 0.15) is 5.78 Å². The van der Waals surface area contributed by atoms with Gasteiger partial charge in [0.05, 0.1) is 6.10 Å². The minimum atomic E-state index is 0.159. The molecule has 4 atom stereocenters. The Morgan fingerprint density at radius 1 is 1.19 bits per heavy atom. The van der Waals surface area contributed by atoms with Crippen LogP contribution < -0.4 is 0 Å². The Kier molecular flexibility index (Phi) is 4.01. The Bertz CT molecular complexity index is 249. The molecule has 0 radical (unpaired) electrons. The van der Waals surface area contributed by atoms with E-state index in [0.29, 0.717) is 17.6 Å². The maximum atomic E-state index is 12.5. The zero-order chi connectivity index (χ0) is 11.5. The molecule has 2 rings (SSSR count). The first kappa shape index (κ1) is 12.1. The van der Waals surface area contributed by atoms with Crippen LogP contribution in [0.1, 0.15) is 52.4 Å². The fourth-order valence-electron chi connectivity index (χ4n) is 3.45. The van der Waals surface area contributed by atoms with Crippen LogP contribution >= 0.6 is 0 Å². The third kappa shape index (κ3) is 2.32. The van der Waals surface area contributed by atoms with Crippen molar-refractivity contribution in [2.75, 3.05) is 6.61 Å². The predicted molar refractivity (Wildman–Crippen MR) is 64.3 cm³/mol. The number of rotatable bonds is 3. The lowest BCUT2D eigenvalue weighted by molar-refractivity contribution is -0.131. The predicted octanol–water partition coefficient (Wildman–Crippen LogP) is 3.20. The van der Waals surface area contributed by atoms with Crippen LogP contribution in [0.5, 0.6) is 0 Å². The molecule has 0 aromatic heterocycles. The van der Waals surface area contributed by atoms with Gasteiger partial charge in [0.15, 0.2) is 0 Å². The van der Waals surface area contributed by atoms with Gasteiger partial charge in [-0.1, -0.05) is 26.2 Å². The molecular formula is C14H24O2. The number of carbonyl (C=O) groups excluding carboxylic acids is 1. The number of ether oxygens (including phenoxy) is 1. The summed E-state index contributed by atoms with van der Waals surface area (Å²) < 4.78 is 5.53. The van der Waals surface area contributed by atoms with Gasteiger partial charge >= 0.3 is 0 Å². The van der Waals surface area contributed by atoms with Crippen molar-refractivity contribution in [2.24, 2.45) is 17.8 Å². The van der Waals surface area contributed by atoms with Crippen LogP contribution in [0.25, 0.3) is 0 Å². The normalized spacial score (nSPS) is 39.9. The van der Waals surface area contributed by atoms with Crippen LogP contribution in [-0.2, 0) is 9.53 Å². The van der Waals surface area contributed by atoms with Crippen molar-refractivity contribution in [2.45, 2.75) is 58.5 Å². The van der Waals surface area contributed by atoms with E-state index in [0.717, 1.165) is 19.4 Å². The highest BCUT2D eigenvalue weighted by Gasteiger charge is 2.38. The standard InChI is InChI=1S/C14H24O2/c1-3-11-6-4-5-7-13(11)14(15)12-8-9-16-10(12)2/h10-13H,3-9H2,1-2H3. The maximum Gasteiger partial charge on any atom is 0.141 e. The minimum Gasteiger partial charge on any atom is -0.378 e. The summed E-state index contributed by atoms with van der Waals surface area (Å²) in [6.07, 6.45) is 7.22. The van der Waals surface area contributed by atoms with E-state index in [1.54, 1.807) is 0 Å². The molecule has 0 N–H and O–H groups in total. The van der Waals surface area contributed by atoms with Gasteiger partial charge < -0.3 is 4.74 Å². The Hall–Kier alpha value is -0.370. The monoisotopic (exact) mass is 224 g/mol. The topological polar surface area (TPSA) is 26.3 Å². The molecule has 16 heavy (non-hydrogen) atoms. The van der Waals surface area contributed by atoms with E-state index in [9.17, 15) is 4.79 Å².